The van der Waals surface area contributed by atoms with Gasteiger partial charge in [-0.2, -0.15) is 0 Å². The molecule has 27 heavy (non-hydrogen) atoms. The molecule has 0 saturated carbocycles. The van der Waals surface area contributed by atoms with E-state index < -0.39 is 0 Å². The zero-order valence-electron chi connectivity index (χ0n) is 16.2. The molecule has 0 aliphatic rings. The van der Waals surface area contributed by atoms with E-state index in [1.165, 1.54) is 0 Å². The largest absolute Gasteiger partial charge is 0.494 e. The van der Waals surface area contributed by atoms with Crippen LogP contribution in [-0.2, 0) is 0 Å². The van der Waals surface area contributed by atoms with Crippen LogP contribution >= 0.6 is 0 Å². The minimum Gasteiger partial charge on any atom is -0.494 e. The van der Waals surface area contributed by atoms with E-state index in [1.807, 2.05) is 69.3 Å². The summed E-state index contributed by atoms with van der Waals surface area (Å²) in [7, 11) is 0. The fraction of sp³-hybridized carbons (Fsp3) is 0.261. The molecular weight excluding hydrogens is 336 g/mol. The van der Waals surface area contributed by atoms with Crippen molar-refractivity contribution in [3.05, 3.63) is 71.9 Å². The quantitative estimate of drug-likeness (QED) is 0.643. The van der Waals surface area contributed by atoms with Crippen molar-refractivity contribution in [1.82, 2.24) is 9.88 Å². The number of nitrogens with zero attached hydrogens (tertiary/aromatic N) is 1. The number of amides is 1. The van der Waals surface area contributed by atoms with Gasteiger partial charge >= 0.3 is 0 Å². The predicted octanol–water partition coefficient (Wildman–Crippen LogP) is 4.99. The van der Waals surface area contributed by atoms with Gasteiger partial charge in [0, 0.05) is 17.9 Å². The summed E-state index contributed by atoms with van der Waals surface area (Å²) < 4.78 is 7.69. The number of nitrogens with one attached hydrogen (secondary N) is 1. The molecule has 0 unspecified atom stereocenters. The number of hydrogen-bond donors (Lipinski definition) is 1. The van der Waals surface area contributed by atoms with Crippen LogP contribution in [0, 0.1) is 6.92 Å². The molecule has 4 nitrogen and oxygen atoms in total. The fourth-order valence-electron chi connectivity index (χ4n) is 3.18. The van der Waals surface area contributed by atoms with Gasteiger partial charge in [0.1, 0.15) is 5.75 Å². The molecule has 140 valence electrons. The first-order valence-electron chi connectivity index (χ1n) is 9.44. The number of carbonyl (C=O) groups is 1. The van der Waals surface area contributed by atoms with Crippen molar-refractivity contribution in [2.45, 2.75) is 27.2 Å². The van der Waals surface area contributed by atoms with E-state index in [1.54, 1.807) is 0 Å². The minimum absolute atomic E-state index is 0.0313. The maximum absolute atomic E-state index is 12.6. The van der Waals surface area contributed by atoms with Crippen molar-refractivity contribution >= 4 is 5.91 Å². The molecule has 0 fully saturated rings. The molecule has 0 saturated heterocycles. The lowest BCUT2D eigenvalue weighted by atomic mass is 10.1. The normalized spacial score (nSPS) is 10.6. The molecule has 0 radical (unpaired) electrons. The van der Waals surface area contributed by atoms with E-state index in [-0.39, 0.29) is 5.91 Å². The van der Waals surface area contributed by atoms with E-state index in [9.17, 15) is 4.79 Å². The highest BCUT2D eigenvalue weighted by Gasteiger charge is 2.19. The molecule has 4 heteroatoms. The zero-order chi connectivity index (χ0) is 19.2. The summed E-state index contributed by atoms with van der Waals surface area (Å²) in [5.74, 6) is 0.810. The van der Waals surface area contributed by atoms with E-state index in [0.29, 0.717) is 18.7 Å². The lowest BCUT2D eigenvalue weighted by Crippen LogP contribution is -2.24. The molecule has 3 aromatic rings. The first-order chi connectivity index (χ1) is 13.2. The SMILES string of the molecule is CCCNC(=O)c1cc(-c2ccccc2)n(-c2ccc(OCC)cc2)c1C. The second kappa shape index (κ2) is 8.58. The van der Waals surface area contributed by atoms with Crippen LogP contribution in [0.1, 0.15) is 36.3 Å². The second-order valence-electron chi connectivity index (χ2n) is 6.41. The Morgan fingerprint density at radius 3 is 2.37 bits per heavy atom. The Balaban J connectivity index is 2.10. The van der Waals surface area contributed by atoms with Crippen molar-refractivity contribution in [2.24, 2.45) is 0 Å². The third kappa shape index (κ3) is 4.05. The van der Waals surface area contributed by atoms with Crippen LogP contribution in [0.2, 0.25) is 0 Å². The average molecular weight is 362 g/mol. The Kier molecular flexibility index (Phi) is 5.97. The first-order valence-corrected chi connectivity index (χ1v) is 9.44. The molecule has 0 aliphatic heterocycles. The standard InChI is InChI=1S/C23H26N2O2/c1-4-15-24-23(26)21-16-22(18-9-7-6-8-10-18)25(17(21)3)19-11-13-20(14-12-19)27-5-2/h6-14,16H,4-5,15H2,1-3H3,(H,24,26). The molecule has 1 aromatic heterocycles. The lowest BCUT2D eigenvalue weighted by Gasteiger charge is -2.13. The highest BCUT2D eigenvalue weighted by molar-refractivity contribution is 5.97. The molecule has 0 spiro atoms. The lowest BCUT2D eigenvalue weighted by molar-refractivity contribution is 0.0953. The van der Waals surface area contributed by atoms with Crippen LogP contribution in [0.5, 0.6) is 5.75 Å². The fourth-order valence-corrected chi connectivity index (χ4v) is 3.18. The van der Waals surface area contributed by atoms with Gasteiger partial charge in [-0.05, 0) is 56.2 Å². The van der Waals surface area contributed by atoms with Crippen LogP contribution in [0.4, 0.5) is 0 Å². The maximum atomic E-state index is 12.6. The average Bonchev–Trinajstić information content (AvgIpc) is 3.05. The predicted molar refractivity (Wildman–Crippen MR) is 110 cm³/mol. The van der Waals surface area contributed by atoms with Gasteiger partial charge in [0.25, 0.3) is 5.91 Å². The molecule has 3 rings (SSSR count). The van der Waals surface area contributed by atoms with Gasteiger partial charge in [-0.25, -0.2) is 0 Å². The summed E-state index contributed by atoms with van der Waals surface area (Å²) in [6.07, 6.45) is 0.913. The van der Waals surface area contributed by atoms with Crippen molar-refractivity contribution in [3.8, 4) is 22.7 Å². The molecule has 0 atom stereocenters. The van der Waals surface area contributed by atoms with Crippen molar-refractivity contribution in [2.75, 3.05) is 13.2 Å². The van der Waals surface area contributed by atoms with Gasteiger partial charge < -0.3 is 14.6 Å². The van der Waals surface area contributed by atoms with Crippen LogP contribution in [0.25, 0.3) is 16.9 Å². The molecule has 1 heterocycles. The number of benzene rings is 2. The van der Waals surface area contributed by atoms with Gasteiger partial charge in [-0.3, -0.25) is 4.79 Å². The Bertz CT molecular complexity index is 896. The van der Waals surface area contributed by atoms with Crippen LogP contribution in [-0.4, -0.2) is 23.6 Å². The topological polar surface area (TPSA) is 43.3 Å². The summed E-state index contributed by atoms with van der Waals surface area (Å²) in [6.45, 7) is 7.32. The zero-order valence-corrected chi connectivity index (χ0v) is 16.2. The summed E-state index contributed by atoms with van der Waals surface area (Å²) in [6, 6.07) is 20.1. The summed E-state index contributed by atoms with van der Waals surface area (Å²) >= 11 is 0. The molecule has 2 aromatic carbocycles. The molecular formula is C23H26N2O2. The number of hydrogen-bond acceptors (Lipinski definition) is 2. The Morgan fingerprint density at radius 1 is 1.04 bits per heavy atom. The smallest absolute Gasteiger partial charge is 0.253 e. The monoisotopic (exact) mass is 362 g/mol. The second-order valence-corrected chi connectivity index (χ2v) is 6.41. The van der Waals surface area contributed by atoms with Crippen molar-refractivity contribution in [3.63, 3.8) is 0 Å². The molecule has 1 N–H and O–H groups in total. The van der Waals surface area contributed by atoms with Gasteiger partial charge in [0.2, 0.25) is 0 Å². The van der Waals surface area contributed by atoms with Crippen LogP contribution < -0.4 is 10.1 Å². The Labute approximate surface area is 160 Å². The van der Waals surface area contributed by atoms with E-state index in [0.717, 1.165) is 34.8 Å². The van der Waals surface area contributed by atoms with Crippen molar-refractivity contribution < 1.29 is 9.53 Å². The summed E-state index contributed by atoms with van der Waals surface area (Å²) in [4.78, 5) is 12.6. The number of rotatable bonds is 7. The molecule has 0 aliphatic carbocycles. The third-order valence-corrected chi connectivity index (χ3v) is 4.50. The highest BCUT2D eigenvalue weighted by Crippen LogP contribution is 2.30. The van der Waals surface area contributed by atoms with Gasteiger partial charge in [-0.1, -0.05) is 37.3 Å². The Morgan fingerprint density at radius 2 is 1.74 bits per heavy atom. The van der Waals surface area contributed by atoms with Gasteiger partial charge in [0.15, 0.2) is 0 Å². The van der Waals surface area contributed by atoms with E-state index >= 15 is 0 Å². The molecule has 1 amide bonds. The summed E-state index contributed by atoms with van der Waals surface area (Å²) in [5.41, 5.74) is 4.70. The Hall–Kier alpha value is -3.01. The van der Waals surface area contributed by atoms with Gasteiger partial charge in [0.05, 0.1) is 17.9 Å². The van der Waals surface area contributed by atoms with Crippen LogP contribution in [0.15, 0.2) is 60.7 Å². The summed E-state index contributed by atoms with van der Waals surface area (Å²) in [5, 5.41) is 2.99. The van der Waals surface area contributed by atoms with E-state index in [2.05, 4.69) is 22.0 Å². The first kappa shape index (κ1) is 18.8. The van der Waals surface area contributed by atoms with Gasteiger partial charge in [-0.15, -0.1) is 0 Å². The third-order valence-electron chi connectivity index (χ3n) is 4.50. The number of ether oxygens (including phenoxy) is 1. The van der Waals surface area contributed by atoms with Crippen molar-refractivity contribution in [1.29, 1.82) is 0 Å². The van der Waals surface area contributed by atoms with E-state index in [4.69, 9.17) is 4.74 Å². The number of aromatic nitrogens is 1. The number of carbonyl (C=O) groups excluding carboxylic acids is 1. The minimum atomic E-state index is -0.0313. The molecule has 0 bridgehead atoms. The maximum Gasteiger partial charge on any atom is 0.253 e. The highest BCUT2D eigenvalue weighted by atomic mass is 16.5. The van der Waals surface area contributed by atoms with Crippen LogP contribution in [0.3, 0.4) is 0 Å².